The van der Waals surface area contributed by atoms with Gasteiger partial charge in [-0.25, -0.2) is 4.79 Å². The van der Waals surface area contributed by atoms with Crippen molar-refractivity contribution in [1.29, 1.82) is 0 Å². The Morgan fingerprint density at radius 3 is 2.49 bits per heavy atom. The Balaban J connectivity index is 1.14. The van der Waals surface area contributed by atoms with E-state index in [9.17, 15) is 14.7 Å². The van der Waals surface area contributed by atoms with Crippen LogP contribution in [-0.4, -0.2) is 100.0 Å². The summed E-state index contributed by atoms with van der Waals surface area (Å²) in [5.74, 6) is 1.37. The number of piperidine rings is 1. The minimum absolute atomic E-state index is 0.0947. The van der Waals surface area contributed by atoms with Crippen LogP contribution in [0.3, 0.4) is 0 Å². The zero-order valence-corrected chi connectivity index (χ0v) is 24.8. The second-order valence-corrected chi connectivity index (χ2v) is 11.1. The lowest BCUT2D eigenvalue weighted by atomic mass is 10.1. The second kappa shape index (κ2) is 19.7. The highest BCUT2D eigenvalue weighted by Gasteiger charge is 2.25. The van der Waals surface area contributed by atoms with Gasteiger partial charge in [-0.15, -0.1) is 0 Å². The fourth-order valence-corrected chi connectivity index (χ4v) is 4.53. The Kier molecular flexibility index (Phi) is 15.9. The van der Waals surface area contributed by atoms with Gasteiger partial charge in [0, 0.05) is 58.6 Å². The number of rotatable bonds is 21. The molecule has 10 nitrogen and oxygen atoms in total. The smallest absolute Gasteiger partial charge is 0.317 e. The second-order valence-electron chi connectivity index (χ2n) is 11.1. The van der Waals surface area contributed by atoms with E-state index in [-0.39, 0.29) is 24.7 Å². The van der Waals surface area contributed by atoms with Gasteiger partial charge >= 0.3 is 12.0 Å². The summed E-state index contributed by atoms with van der Waals surface area (Å²) in [6.07, 6.45) is 7.49. The molecule has 2 aliphatic rings. The van der Waals surface area contributed by atoms with Crippen molar-refractivity contribution in [3.8, 4) is 5.75 Å². The average molecular weight is 578 g/mol. The van der Waals surface area contributed by atoms with Crippen LogP contribution < -0.4 is 15.4 Å². The molecule has 2 fully saturated rings. The van der Waals surface area contributed by atoms with Crippen LogP contribution in [0.5, 0.6) is 5.75 Å². The van der Waals surface area contributed by atoms with E-state index in [4.69, 9.17) is 18.9 Å². The number of hydrogen-bond acceptors (Lipinski definition) is 8. The molecular formula is C31H51N3O7. The monoisotopic (exact) mass is 577 g/mol. The van der Waals surface area contributed by atoms with Crippen molar-refractivity contribution < 1.29 is 33.6 Å². The number of unbranched alkanes of at least 4 members (excludes halogenated alkanes) is 2. The SMILES string of the molecule is CCCCCC(=O)OC1CCN(C(=O)NCCNCC(O)COc2ccc(CCOCCOCC3CC3)cc2)CC1. The topological polar surface area (TPSA) is 119 Å². The summed E-state index contributed by atoms with van der Waals surface area (Å²) in [4.78, 5) is 26.1. The van der Waals surface area contributed by atoms with Crippen LogP contribution in [0.2, 0.25) is 0 Å². The third-order valence-corrected chi connectivity index (χ3v) is 7.29. The molecule has 1 unspecified atom stereocenters. The van der Waals surface area contributed by atoms with Crippen molar-refractivity contribution in [3.63, 3.8) is 0 Å². The lowest BCUT2D eigenvalue weighted by Crippen LogP contribution is -2.47. The molecule has 1 atom stereocenters. The third kappa shape index (κ3) is 14.9. The number of nitrogens with one attached hydrogen (secondary N) is 2. The van der Waals surface area contributed by atoms with Crippen molar-refractivity contribution in [3.05, 3.63) is 29.8 Å². The molecule has 0 aromatic heterocycles. The molecule has 1 saturated heterocycles. The van der Waals surface area contributed by atoms with Crippen molar-refractivity contribution in [1.82, 2.24) is 15.5 Å². The first-order valence-corrected chi connectivity index (χ1v) is 15.5. The number of esters is 1. The highest BCUT2D eigenvalue weighted by atomic mass is 16.5. The molecule has 1 aromatic rings. The first kappa shape index (κ1) is 33.1. The first-order valence-electron chi connectivity index (χ1n) is 15.5. The number of urea groups is 1. The molecule has 0 bridgehead atoms. The van der Waals surface area contributed by atoms with Gasteiger partial charge in [0.1, 0.15) is 24.6 Å². The largest absolute Gasteiger partial charge is 0.491 e. The lowest BCUT2D eigenvalue weighted by Gasteiger charge is -2.31. The number of amides is 2. The van der Waals surface area contributed by atoms with Gasteiger partial charge in [0.05, 0.1) is 19.8 Å². The molecule has 1 aromatic carbocycles. The first-order chi connectivity index (χ1) is 20.0. The fraction of sp³-hybridized carbons (Fsp3) is 0.742. The summed E-state index contributed by atoms with van der Waals surface area (Å²) in [7, 11) is 0. The molecule has 1 heterocycles. The molecule has 41 heavy (non-hydrogen) atoms. The highest BCUT2D eigenvalue weighted by Crippen LogP contribution is 2.28. The van der Waals surface area contributed by atoms with Gasteiger partial charge in [0.2, 0.25) is 0 Å². The maximum Gasteiger partial charge on any atom is 0.317 e. The predicted octanol–water partition coefficient (Wildman–Crippen LogP) is 3.30. The van der Waals surface area contributed by atoms with Gasteiger partial charge in [-0.05, 0) is 49.3 Å². The summed E-state index contributed by atoms with van der Waals surface area (Å²) in [6, 6.07) is 7.73. The number of aliphatic hydroxyl groups is 1. The van der Waals surface area contributed by atoms with E-state index in [1.807, 2.05) is 24.3 Å². The van der Waals surface area contributed by atoms with Gasteiger partial charge < -0.3 is 39.6 Å². The lowest BCUT2D eigenvalue weighted by molar-refractivity contribution is -0.151. The summed E-state index contributed by atoms with van der Waals surface area (Å²) in [6.45, 7) is 7.62. The molecule has 0 radical (unpaired) electrons. The Morgan fingerprint density at radius 2 is 1.76 bits per heavy atom. The Bertz CT molecular complexity index is 858. The fourth-order valence-electron chi connectivity index (χ4n) is 4.53. The zero-order chi connectivity index (χ0) is 29.1. The summed E-state index contributed by atoms with van der Waals surface area (Å²) >= 11 is 0. The van der Waals surface area contributed by atoms with Crippen LogP contribution in [0.15, 0.2) is 24.3 Å². The average Bonchev–Trinajstić information content (AvgIpc) is 3.81. The normalized spacial score (nSPS) is 16.4. The van der Waals surface area contributed by atoms with Gasteiger partial charge in [-0.3, -0.25) is 4.79 Å². The molecule has 232 valence electrons. The minimum atomic E-state index is -0.662. The van der Waals surface area contributed by atoms with Crippen LogP contribution in [0.4, 0.5) is 4.79 Å². The number of nitrogens with zero attached hydrogens (tertiary/aromatic N) is 1. The number of hydrogen-bond donors (Lipinski definition) is 3. The molecule has 1 saturated carbocycles. The Morgan fingerprint density at radius 1 is 1.00 bits per heavy atom. The van der Waals surface area contributed by atoms with Crippen molar-refractivity contribution in [2.24, 2.45) is 5.92 Å². The third-order valence-electron chi connectivity index (χ3n) is 7.29. The molecule has 1 aliphatic heterocycles. The van der Waals surface area contributed by atoms with Crippen molar-refractivity contribution in [2.45, 2.75) is 76.9 Å². The zero-order valence-electron chi connectivity index (χ0n) is 24.8. The van der Waals surface area contributed by atoms with E-state index < -0.39 is 6.10 Å². The minimum Gasteiger partial charge on any atom is -0.491 e. The maximum absolute atomic E-state index is 12.4. The number of aliphatic hydroxyl groups excluding tert-OH is 1. The van der Waals surface area contributed by atoms with E-state index in [0.717, 1.165) is 38.2 Å². The molecule has 1 aliphatic carbocycles. The van der Waals surface area contributed by atoms with E-state index in [2.05, 4.69) is 17.6 Å². The molecule has 0 spiro atoms. The van der Waals surface area contributed by atoms with E-state index >= 15 is 0 Å². The molecular weight excluding hydrogens is 526 g/mol. The van der Waals surface area contributed by atoms with Crippen molar-refractivity contribution in [2.75, 3.05) is 65.8 Å². The number of carbonyl (C=O) groups excluding carboxylic acids is 2. The van der Waals surface area contributed by atoms with Crippen LogP contribution >= 0.6 is 0 Å². The Labute approximate surface area is 245 Å². The Hall–Kier alpha value is -2.40. The number of benzene rings is 1. The standard InChI is InChI=1S/C31H51N3O7/c1-2-3-4-5-30(36)41-29-12-17-34(18-13-29)31(37)33-16-15-32-22-27(35)24-40-28-10-8-25(9-11-28)14-19-38-20-21-39-23-26-6-7-26/h8-11,26-27,29,32,35H,2-7,12-24H2,1H3,(H,33,37). The van der Waals surface area contributed by atoms with Gasteiger partial charge in [-0.1, -0.05) is 31.9 Å². The summed E-state index contributed by atoms with van der Waals surface area (Å²) < 4.78 is 22.4. The molecule has 10 heteroatoms. The van der Waals surface area contributed by atoms with Gasteiger partial charge in [-0.2, -0.15) is 0 Å². The van der Waals surface area contributed by atoms with Crippen LogP contribution in [0, 0.1) is 5.92 Å². The number of carbonyl (C=O) groups is 2. The van der Waals surface area contributed by atoms with Gasteiger partial charge in [0.25, 0.3) is 0 Å². The van der Waals surface area contributed by atoms with Gasteiger partial charge in [0.15, 0.2) is 0 Å². The van der Waals surface area contributed by atoms with E-state index in [1.165, 1.54) is 18.4 Å². The van der Waals surface area contributed by atoms with Crippen LogP contribution in [0.25, 0.3) is 0 Å². The maximum atomic E-state index is 12.4. The summed E-state index contributed by atoms with van der Waals surface area (Å²) in [5.41, 5.74) is 1.17. The molecule has 3 N–H and O–H groups in total. The van der Waals surface area contributed by atoms with E-state index in [1.54, 1.807) is 4.90 Å². The quantitative estimate of drug-likeness (QED) is 0.151. The highest BCUT2D eigenvalue weighted by molar-refractivity contribution is 5.74. The number of likely N-dealkylation sites (tertiary alicyclic amines) is 1. The summed E-state index contributed by atoms with van der Waals surface area (Å²) in [5, 5.41) is 16.3. The van der Waals surface area contributed by atoms with Crippen LogP contribution in [0.1, 0.15) is 63.9 Å². The van der Waals surface area contributed by atoms with Crippen LogP contribution in [-0.2, 0) is 25.4 Å². The molecule has 2 amide bonds. The van der Waals surface area contributed by atoms with E-state index in [0.29, 0.717) is 77.6 Å². The number of ether oxygens (including phenoxy) is 4. The molecule has 3 rings (SSSR count). The predicted molar refractivity (Wildman–Crippen MR) is 157 cm³/mol. The van der Waals surface area contributed by atoms with Crippen molar-refractivity contribution >= 4 is 12.0 Å².